The third-order valence-electron chi connectivity index (χ3n) is 3.23. The Labute approximate surface area is 82.9 Å². The van der Waals surface area contributed by atoms with E-state index in [-0.39, 0.29) is 10.8 Å². The van der Waals surface area contributed by atoms with Crippen LogP contribution in [0.2, 0.25) is 0 Å². The van der Waals surface area contributed by atoms with Gasteiger partial charge in [-0.2, -0.15) is 0 Å². The van der Waals surface area contributed by atoms with Gasteiger partial charge in [-0.1, -0.05) is 48.0 Å². The summed E-state index contributed by atoms with van der Waals surface area (Å²) >= 11 is 0. The van der Waals surface area contributed by atoms with Crippen molar-refractivity contribution in [2.24, 2.45) is 10.8 Å². The number of carbonyl (C=O) groups is 1. The zero-order valence-electron chi connectivity index (χ0n) is 10.0. The smallest absolute Gasteiger partial charge is 0.139 e. The molecular weight excluding hydrogens is 160 g/mol. The largest absolute Gasteiger partial charge is 0.299 e. The summed E-state index contributed by atoms with van der Waals surface area (Å²) in [6.45, 7) is 12.6. The second-order valence-corrected chi connectivity index (χ2v) is 5.36. The highest BCUT2D eigenvalue weighted by Crippen LogP contribution is 2.31. The normalized spacial score (nSPS) is 13.1. The van der Waals surface area contributed by atoms with Crippen LogP contribution in [0.1, 0.15) is 60.8 Å². The summed E-state index contributed by atoms with van der Waals surface area (Å²) < 4.78 is 0. The van der Waals surface area contributed by atoms with Gasteiger partial charge in [0.05, 0.1) is 0 Å². The lowest BCUT2D eigenvalue weighted by Gasteiger charge is -2.28. The maximum Gasteiger partial charge on any atom is 0.139 e. The zero-order valence-corrected chi connectivity index (χ0v) is 10.0. The summed E-state index contributed by atoms with van der Waals surface area (Å²) in [5.74, 6) is 0.404. The quantitative estimate of drug-likeness (QED) is 0.635. The highest BCUT2D eigenvalue weighted by Gasteiger charge is 2.29. The van der Waals surface area contributed by atoms with E-state index >= 15 is 0 Å². The molecule has 78 valence electrons. The van der Waals surface area contributed by atoms with Crippen LogP contribution in [-0.2, 0) is 4.79 Å². The van der Waals surface area contributed by atoms with E-state index < -0.39 is 0 Å². The Morgan fingerprint density at radius 1 is 1.00 bits per heavy atom. The Kier molecular flexibility index (Phi) is 4.15. The molecule has 0 rings (SSSR count). The summed E-state index contributed by atoms with van der Waals surface area (Å²) in [7, 11) is 0. The molecule has 0 bridgehead atoms. The Bertz CT molecular complexity index is 178. The van der Waals surface area contributed by atoms with Gasteiger partial charge in [0.15, 0.2) is 0 Å². The lowest BCUT2D eigenvalue weighted by atomic mass is 9.75. The molecule has 0 aromatic carbocycles. The van der Waals surface area contributed by atoms with Crippen LogP contribution in [0.5, 0.6) is 0 Å². The third kappa shape index (κ3) is 3.93. The van der Waals surface area contributed by atoms with Gasteiger partial charge < -0.3 is 0 Å². The molecule has 0 spiro atoms. The number of carbonyl (C=O) groups excluding carboxylic acids is 1. The first-order chi connectivity index (χ1) is 5.75. The molecule has 0 aromatic heterocycles. The second kappa shape index (κ2) is 4.26. The Morgan fingerprint density at radius 2 is 1.46 bits per heavy atom. The van der Waals surface area contributed by atoms with Crippen LogP contribution in [0.15, 0.2) is 0 Å². The van der Waals surface area contributed by atoms with Gasteiger partial charge in [-0.05, 0) is 11.8 Å². The van der Waals surface area contributed by atoms with Crippen LogP contribution in [0.25, 0.3) is 0 Å². The van der Waals surface area contributed by atoms with E-state index in [1.54, 1.807) is 0 Å². The van der Waals surface area contributed by atoms with Gasteiger partial charge in [0.1, 0.15) is 5.78 Å². The Hall–Kier alpha value is -0.330. The van der Waals surface area contributed by atoms with E-state index in [4.69, 9.17) is 0 Å². The van der Waals surface area contributed by atoms with Crippen LogP contribution >= 0.6 is 0 Å². The van der Waals surface area contributed by atoms with Crippen molar-refractivity contribution in [3.8, 4) is 0 Å². The monoisotopic (exact) mass is 184 g/mol. The molecular formula is C12H24O. The van der Waals surface area contributed by atoms with Gasteiger partial charge in [-0.15, -0.1) is 0 Å². The van der Waals surface area contributed by atoms with E-state index in [2.05, 4.69) is 27.7 Å². The summed E-state index contributed by atoms with van der Waals surface area (Å²) in [5.41, 5.74) is 0.0377. The van der Waals surface area contributed by atoms with Crippen molar-refractivity contribution in [1.29, 1.82) is 0 Å². The van der Waals surface area contributed by atoms with Gasteiger partial charge in [0.2, 0.25) is 0 Å². The van der Waals surface area contributed by atoms with Crippen molar-refractivity contribution in [1.82, 2.24) is 0 Å². The summed E-state index contributed by atoms with van der Waals surface area (Å²) in [5, 5.41) is 0. The molecule has 0 saturated heterocycles. The van der Waals surface area contributed by atoms with Crippen LogP contribution < -0.4 is 0 Å². The SMILES string of the molecule is CCC(C)(C)CC(=O)C(C)(C)CC. The maximum atomic E-state index is 11.9. The summed E-state index contributed by atoms with van der Waals surface area (Å²) in [6, 6.07) is 0. The minimum atomic E-state index is -0.132. The first-order valence-corrected chi connectivity index (χ1v) is 5.28. The second-order valence-electron chi connectivity index (χ2n) is 5.36. The minimum Gasteiger partial charge on any atom is -0.299 e. The molecule has 0 fully saturated rings. The van der Waals surface area contributed by atoms with Crippen LogP contribution in [0.3, 0.4) is 0 Å². The molecule has 0 radical (unpaired) electrons. The number of Topliss-reactive ketones (excluding diaryl/α,β-unsaturated/α-hetero) is 1. The first kappa shape index (κ1) is 12.7. The topological polar surface area (TPSA) is 17.1 Å². The van der Waals surface area contributed by atoms with Crippen molar-refractivity contribution in [3.05, 3.63) is 0 Å². The molecule has 0 saturated carbocycles. The predicted octanol–water partition coefficient (Wildman–Crippen LogP) is 3.82. The average Bonchev–Trinajstić information content (AvgIpc) is 2.04. The number of hydrogen-bond acceptors (Lipinski definition) is 1. The fourth-order valence-corrected chi connectivity index (χ4v) is 0.996. The lowest BCUT2D eigenvalue weighted by Crippen LogP contribution is -2.28. The van der Waals surface area contributed by atoms with E-state index in [0.29, 0.717) is 12.2 Å². The highest BCUT2D eigenvalue weighted by molar-refractivity contribution is 5.84. The molecule has 1 nitrogen and oxygen atoms in total. The van der Waals surface area contributed by atoms with Gasteiger partial charge in [0, 0.05) is 11.8 Å². The minimum absolute atomic E-state index is 0.132. The molecule has 0 atom stereocenters. The molecule has 13 heavy (non-hydrogen) atoms. The molecule has 0 aliphatic carbocycles. The molecule has 1 heteroatoms. The number of ketones is 1. The molecule has 0 aromatic rings. The van der Waals surface area contributed by atoms with Crippen LogP contribution in [-0.4, -0.2) is 5.78 Å². The van der Waals surface area contributed by atoms with E-state index in [1.807, 2.05) is 13.8 Å². The fourth-order valence-electron chi connectivity index (χ4n) is 0.996. The molecule has 0 aliphatic heterocycles. The van der Waals surface area contributed by atoms with Crippen LogP contribution in [0, 0.1) is 10.8 Å². The van der Waals surface area contributed by atoms with Crippen LogP contribution in [0.4, 0.5) is 0 Å². The Balaban J connectivity index is 4.31. The van der Waals surface area contributed by atoms with Crippen molar-refractivity contribution >= 4 is 5.78 Å². The van der Waals surface area contributed by atoms with Crippen molar-refractivity contribution in [2.75, 3.05) is 0 Å². The maximum absolute atomic E-state index is 11.9. The van der Waals surface area contributed by atoms with E-state index in [9.17, 15) is 4.79 Å². The average molecular weight is 184 g/mol. The zero-order chi connectivity index (χ0) is 10.7. The van der Waals surface area contributed by atoms with Gasteiger partial charge in [-0.25, -0.2) is 0 Å². The standard InChI is InChI=1S/C12H24O/c1-7-11(3,4)9-10(13)12(5,6)8-2/h7-9H2,1-6H3. The predicted molar refractivity (Wildman–Crippen MR) is 57.8 cm³/mol. The fraction of sp³-hybridized carbons (Fsp3) is 0.917. The van der Waals surface area contributed by atoms with Gasteiger partial charge in [0.25, 0.3) is 0 Å². The van der Waals surface area contributed by atoms with E-state index in [0.717, 1.165) is 12.8 Å². The molecule has 0 aliphatic rings. The van der Waals surface area contributed by atoms with Crippen molar-refractivity contribution in [2.45, 2.75) is 60.8 Å². The van der Waals surface area contributed by atoms with Gasteiger partial charge in [-0.3, -0.25) is 4.79 Å². The number of rotatable bonds is 5. The lowest BCUT2D eigenvalue weighted by molar-refractivity contribution is -0.129. The number of hydrogen-bond donors (Lipinski definition) is 0. The molecule has 0 heterocycles. The Morgan fingerprint density at radius 3 is 1.77 bits per heavy atom. The third-order valence-corrected chi connectivity index (χ3v) is 3.23. The van der Waals surface area contributed by atoms with Gasteiger partial charge >= 0.3 is 0 Å². The van der Waals surface area contributed by atoms with E-state index in [1.165, 1.54) is 0 Å². The van der Waals surface area contributed by atoms with Crippen molar-refractivity contribution < 1.29 is 4.79 Å². The summed E-state index contributed by atoms with van der Waals surface area (Å²) in [4.78, 5) is 11.9. The molecule has 0 amide bonds. The van der Waals surface area contributed by atoms with Crippen molar-refractivity contribution in [3.63, 3.8) is 0 Å². The molecule has 0 N–H and O–H groups in total. The molecule has 0 unspecified atom stereocenters. The summed E-state index contributed by atoms with van der Waals surface area (Å²) in [6.07, 6.45) is 2.72. The first-order valence-electron chi connectivity index (χ1n) is 5.28. The highest BCUT2D eigenvalue weighted by atomic mass is 16.1.